The number of carboxylic acid groups (broad SMARTS) is 1. The zero-order chi connectivity index (χ0) is 14.4. The van der Waals surface area contributed by atoms with Gasteiger partial charge in [-0.25, -0.2) is 0 Å². The third-order valence-electron chi connectivity index (χ3n) is 2.26. The molecule has 0 bridgehead atoms. The van der Waals surface area contributed by atoms with Gasteiger partial charge >= 0.3 is 11.7 Å². The van der Waals surface area contributed by atoms with Gasteiger partial charge in [0, 0.05) is 19.9 Å². The molecule has 0 saturated heterocycles. The van der Waals surface area contributed by atoms with Crippen LogP contribution >= 0.6 is 15.9 Å². The molecule has 9 heteroatoms. The molecule has 0 radical (unpaired) electrons. The van der Waals surface area contributed by atoms with Crippen LogP contribution in [0.25, 0.3) is 0 Å². The average Bonchev–Trinajstić information content (AvgIpc) is 2.33. The molecule has 0 amide bonds. The number of nitrogens with zero attached hydrogens (tertiary/aromatic N) is 3. The van der Waals surface area contributed by atoms with Crippen molar-refractivity contribution in [2.24, 2.45) is 0 Å². The highest BCUT2D eigenvalue weighted by Crippen LogP contribution is 2.34. The highest BCUT2D eigenvalue weighted by atomic mass is 79.9. The third kappa shape index (κ3) is 4.14. The minimum absolute atomic E-state index is 0.180. The lowest BCUT2D eigenvalue weighted by Gasteiger charge is -2.22. The minimum atomic E-state index is -1.09. The van der Waals surface area contributed by atoms with Gasteiger partial charge in [-0.2, -0.15) is 0 Å². The van der Waals surface area contributed by atoms with Crippen molar-refractivity contribution in [1.29, 1.82) is 0 Å². The van der Waals surface area contributed by atoms with Crippen LogP contribution in [0.5, 0.6) is 0 Å². The largest absolute Gasteiger partial charge is 0.480 e. The fourth-order valence-electron chi connectivity index (χ4n) is 1.50. The van der Waals surface area contributed by atoms with Crippen LogP contribution < -0.4 is 4.90 Å². The number of ether oxygens (including phenoxy) is 1. The Bertz CT molecular complexity index is 482. The first kappa shape index (κ1) is 15.3. The van der Waals surface area contributed by atoms with Gasteiger partial charge in [0.25, 0.3) is 0 Å². The Morgan fingerprint density at radius 1 is 1.63 bits per heavy atom. The minimum Gasteiger partial charge on any atom is -0.480 e. The summed E-state index contributed by atoms with van der Waals surface area (Å²) in [6.45, 7) is 0.0955. The number of halogens is 1. The summed E-state index contributed by atoms with van der Waals surface area (Å²) in [6, 6.07) is 0. The van der Waals surface area contributed by atoms with Crippen molar-refractivity contribution < 1.29 is 19.6 Å². The number of carbonyl (C=O) groups is 1. The number of methoxy groups -OCH3 is 1. The van der Waals surface area contributed by atoms with E-state index in [0.717, 1.165) is 6.20 Å². The van der Waals surface area contributed by atoms with Gasteiger partial charge in [0.15, 0.2) is 0 Å². The van der Waals surface area contributed by atoms with E-state index in [0.29, 0.717) is 4.47 Å². The molecule has 0 aliphatic heterocycles. The molecule has 1 N–H and O–H groups in total. The number of pyridine rings is 1. The molecule has 1 aromatic heterocycles. The van der Waals surface area contributed by atoms with E-state index in [2.05, 4.69) is 20.9 Å². The van der Waals surface area contributed by atoms with Gasteiger partial charge in [-0.1, -0.05) is 0 Å². The molecule has 0 spiro atoms. The number of nitro groups is 1. The molecule has 0 aromatic carbocycles. The fraction of sp³-hybridized carbons (Fsp3) is 0.400. The SMILES string of the molecule is COCCN(CC(=O)O)c1c(Br)cncc1[N+](=O)[O-]. The first-order valence-electron chi connectivity index (χ1n) is 5.21. The van der Waals surface area contributed by atoms with E-state index in [1.807, 2.05) is 0 Å². The number of aliphatic carboxylic acids is 1. The van der Waals surface area contributed by atoms with Crippen molar-refractivity contribution in [2.75, 3.05) is 31.7 Å². The predicted molar refractivity (Wildman–Crippen MR) is 70.3 cm³/mol. The lowest BCUT2D eigenvalue weighted by molar-refractivity contribution is -0.384. The van der Waals surface area contributed by atoms with Gasteiger partial charge in [-0.05, 0) is 15.9 Å². The second kappa shape index (κ2) is 7.00. The van der Waals surface area contributed by atoms with Crippen molar-refractivity contribution in [2.45, 2.75) is 0 Å². The standard InChI is InChI=1S/C10H12BrN3O5/c1-19-3-2-13(6-9(15)16)10-7(11)4-12-5-8(10)14(17)18/h4-5H,2-3,6H2,1H3,(H,15,16). The number of anilines is 1. The quantitative estimate of drug-likeness (QED) is 0.591. The fourth-order valence-corrected chi connectivity index (χ4v) is 2.07. The molecule has 8 nitrogen and oxygen atoms in total. The summed E-state index contributed by atoms with van der Waals surface area (Å²) in [5.41, 5.74) is -0.0776. The molecule has 0 fully saturated rings. The number of carboxylic acids is 1. The zero-order valence-corrected chi connectivity index (χ0v) is 11.7. The Labute approximate surface area is 117 Å². The third-order valence-corrected chi connectivity index (χ3v) is 2.84. The van der Waals surface area contributed by atoms with Crippen LogP contribution in [0.3, 0.4) is 0 Å². The van der Waals surface area contributed by atoms with Crippen LogP contribution in [0.15, 0.2) is 16.9 Å². The summed E-state index contributed by atoms with van der Waals surface area (Å²) in [6.07, 6.45) is 2.46. The van der Waals surface area contributed by atoms with Crippen LogP contribution in [0.2, 0.25) is 0 Å². The Morgan fingerprint density at radius 2 is 2.32 bits per heavy atom. The van der Waals surface area contributed by atoms with Gasteiger partial charge in [-0.3, -0.25) is 19.9 Å². The molecule has 0 aliphatic carbocycles. The van der Waals surface area contributed by atoms with Crippen LogP contribution in [-0.2, 0) is 9.53 Å². The van der Waals surface area contributed by atoms with E-state index < -0.39 is 10.9 Å². The Morgan fingerprint density at radius 3 is 2.84 bits per heavy atom. The second-order valence-electron chi connectivity index (χ2n) is 3.55. The molecular formula is C10H12BrN3O5. The first-order chi connectivity index (χ1) is 8.97. The number of hydrogen-bond acceptors (Lipinski definition) is 6. The van der Waals surface area contributed by atoms with Crippen molar-refractivity contribution in [3.63, 3.8) is 0 Å². The van der Waals surface area contributed by atoms with Gasteiger partial charge in [0.05, 0.1) is 16.0 Å². The first-order valence-corrected chi connectivity index (χ1v) is 6.00. The lowest BCUT2D eigenvalue weighted by atomic mass is 10.3. The van der Waals surface area contributed by atoms with Crippen molar-refractivity contribution in [3.8, 4) is 0 Å². The van der Waals surface area contributed by atoms with E-state index in [1.165, 1.54) is 18.2 Å². The van der Waals surface area contributed by atoms with Crippen LogP contribution in [0, 0.1) is 10.1 Å². The van der Waals surface area contributed by atoms with Crippen LogP contribution in [0.4, 0.5) is 11.4 Å². The summed E-state index contributed by atoms with van der Waals surface area (Å²) in [4.78, 5) is 26.3. The van der Waals surface area contributed by atoms with E-state index in [1.54, 1.807) is 0 Å². The molecule has 19 heavy (non-hydrogen) atoms. The van der Waals surface area contributed by atoms with E-state index in [9.17, 15) is 14.9 Å². The Kier molecular flexibility index (Phi) is 5.64. The maximum absolute atomic E-state index is 11.0. The molecule has 0 atom stereocenters. The van der Waals surface area contributed by atoms with Crippen LogP contribution in [0.1, 0.15) is 0 Å². The maximum Gasteiger partial charge on any atom is 0.323 e. The Balaban J connectivity index is 3.19. The van der Waals surface area contributed by atoms with Gasteiger partial charge in [0.1, 0.15) is 18.4 Å². The molecule has 1 heterocycles. The van der Waals surface area contributed by atoms with E-state index in [4.69, 9.17) is 9.84 Å². The number of rotatable bonds is 7. The summed E-state index contributed by atoms with van der Waals surface area (Å²) < 4.78 is 5.24. The van der Waals surface area contributed by atoms with Gasteiger partial charge in [0.2, 0.25) is 0 Å². The van der Waals surface area contributed by atoms with Crippen LogP contribution in [-0.4, -0.2) is 47.8 Å². The predicted octanol–water partition coefficient (Wildman–Crippen LogP) is 1.29. The Hall–Kier alpha value is -1.74. The van der Waals surface area contributed by atoms with E-state index in [-0.39, 0.29) is 31.1 Å². The van der Waals surface area contributed by atoms with Gasteiger partial charge in [-0.15, -0.1) is 0 Å². The van der Waals surface area contributed by atoms with Crippen molar-refractivity contribution in [1.82, 2.24) is 4.98 Å². The molecule has 104 valence electrons. The topological polar surface area (TPSA) is 106 Å². The smallest absolute Gasteiger partial charge is 0.323 e. The molecule has 0 aliphatic rings. The van der Waals surface area contributed by atoms with Gasteiger partial charge < -0.3 is 14.7 Å². The maximum atomic E-state index is 11.0. The molecule has 0 unspecified atom stereocenters. The monoisotopic (exact) mass is 333 g/mol. The normalized spacial score (nSPS) is 10.2. The molecule has 1 rings (SSSR count). The number of aromatic nitrogens is 1. The molecular weight excluding hydrogens is 322 g/mol. The summed E-state index contributed by atoms with van der Waals surface area (Å²) >= 11 is 3.16. The highest BCUT2D eigenvalue weighted by Gasteiger charge is 2.24. The zero-order valence-electron chi connectivity index (χ0n) is 10.1. The molecule has 0 saturated carbocycles. The average molecular weight is 334 g/mol. The van der Waals surface area contributed by atoms with E-state index >= 15 is 0 Å². The summed E-state index contributed by atoms with van der Waals surface area (Å²) in [5, 5.41) is 19.9. The summed E-state index contributed by atoms with van der Waals surface area (Å²) in [5.74, 6) is -1.09. The lowest BCUT2D eigenvalue weighted by Crippen LogP contribution is -2.33. The second-order valence-corrected chi connectivity index (χ2v) is 4.41. The molecule has 1 aromatic rings. The highest BCUT2D eigenvalue weighted by molar-refractivity contribution is 9.10. The van der Waals surface area contributed by atoms with Crippen molar-refractivity contribution in [3.05, 3.63) is 27.0 Å². The van der Waals surface area contributed by atoms with Crippen molar-refractivity contribution >= 4 is 33.3 Å². The summed E-state index contributed by atoms with van der Waals surface area (Å²) in [7, 11) is 1.47. The number of hydrogen-bond donors (Lipinski definition) is 1.